The Kier molecular flexibility index (Phi) is 3.13. The maximum Gasteiger partial charge on any atom is 0.573 e. The molecule has 0 saturated heterocycles. The fraction of sp³-hybridized carbons (Fsp3) is 0.250. The minimum absolute atomic E-state index is 0.0357. The van der Waals surface area contributed by atoms with Gasteiger partial charge in [-0.15, -0.1) is 17.9 Å². The Balaban J connectivity index is 2.30. The second-order valence-electron chi connectivity index (χ2n) is 3.92. The molecule has 0 radical (unpaired) electrons. The molecular weight excluding hydrogens is 263 g/mol. The molecule has 19 heavy (non-hydrogen) atoms. The van der Waals surface area contributed by atoms with Gasteiger partial charge in [0.15, 0.2) is 5.76 Å². The van der Waals surface area contributed by atoms with Crippen LogP contribution in [-0.2, 0) is 0 Å². The van der Waals surface area contributed by atoms with Crippen LogP contribution in [0.15, 0.2) is 28.7 Å². The number of oxazole rings is 1. The largest absolute Gasteiger partial charge is 0.616 e. The van der Waals surface area contributed by atoms with Gasteiger partial charge in [0.05, 0.1) is 5.56 Å². The number of benzene rings is 1. The first-order valence-electron chi connectivity index (χ1n) is 5.33. The van der Waals surface area contributed by atoms with E-state index in [-0.39, 0.29) is 11.6 Å². The molecule has 0 aliphatic carbocycles. The number of aryl methyl sites for hydroxylation is 1. The van der Waals surface area contributed by atoms with Gasteiger partial charge in [0.25, 0.3) is 0 Å². The molecule has 0 bridgehead atoms. The molecule has 0 saturated carbocycles. The van der Waals surface area contributed by atoms with Crippen LogP contribution in [0.4, 0.5) is 13.2 Å². The summed E-state index contributed by atoms with van der Waals surface area (Å²) in [6.07, 6.45) is -4.74. The van der Waals surface area contributed by atoms with Gasteiger partial charge in [-0.1, -0.05) is 0 Å². The van der Waals surface area contributed by atoms with Crippen molar-refractivity contribution in [3.63, 3.8) is 0 Å². The molecule has 0 unspecified atom stereocenters. The first-order chi connectivity index (χ1) is 8.78. The molecule has 0 atom stereocenters. The molecule has 0 fully saturated rings. The lowest BCUT2D eigenvalue weighted by Crippen LogP contribution is -2.29. The summed E-state index contributed by atoms with van der Waals surface area (Å²) in [5, 5.41) is 11.7. The van der Waals surface area contributed by atoms with Crippen LogP contribution in [-0.4, -0.2) is 6.36 Å². The van der Waals surface area contributed by atoms with Gasteiger partial charge in [0, 0.05) is 13.8 Å². The molecule has 2 rings (SSSR count). The molecule has 0 amide bonds. The number of nitrogens with zero attached hydrogens (tertiary/aromatic N) is 1. The summed E-state index contributed by atoms with van der Waals surface area (Å²) in [5.41, 5.74) is 0.784. The van der Waals surface area contributed by atoms with Gasteiger partial charge in [-0.05, 0) is 24.3 Å². The topological polar surface area (TPSA) is 49.3 Å². The Labute approximate surface area is 106 Å². The maximum absolute atomic E-state index is 12.0. The van der Waals surface area contributed by atoms with Gasteiger partial charge in [0.2, 0.25) is 5.69 Å². The third kappa shape index (κ3) is 2.81. The second kappa shape index (κ2) is 4.49. The average molecular weight is 273 g/mol. The van der Waals surface area contributed by atoms with Crippen molar-refractivity contribution in [3.05, 3.63) is 40.9 Å². The van der Waals surface area contributed by atoms with E-state index >= 15 is 0 Å². The van der Waals surface area contributed by atoms with Crippen LogP contribution in [0, 0.1) is 19.1 Å². The molecule has 4 nitrogen and oxygen atoms in total. The van der Waals surface area contributed by atoms with Gasteiger partial charge in [-0.2, -0.15) is 0 Å². The van der Waals surface area contributed by atoms with E-state index in [0.29, 0.717) is 21.7 Å². The van der Waals surface area contributed by atoms with Crippen molar-refractivity contribution < 1.29 is 27.1 Å². The molecular formula is C12H10F3NO3. The number of hydrogen-bond donors (Lipinski definition) is 0. The van der Waals surface area contributed by atoms with Gasteiger partial charge >= 0.3 is 12.3 Å². The second-order valence-corrected chi connectivity index (χ2v) is 3.92. The van der Waals surface area contributed by atoms with Crippen molar-refractivity contribution in [3.8, 4) is 17.2 Å². The SMILES string of the molecule is Cc1oc(-c2ccc(OC(F)(F)F)cc2)[n+]([O-])c1C. The van der Waals surface area contributed by atoms with Crippen LogP contribution in [0.3, 0.4) is 0 Å². The third-order valence-corrected chi connectivity index (χ3v) is 2.58. The smallest absolute Gasteiger partial charge is 0.573 e. The van der Waals surface area contributed by atoms with Gasteiger partial charge in [0.1, 0.15) is 5.75 Å². The zero-order valence-electron chi connectivity index (χ0n) is 10.1. The number of alkyl halides is 3. The van der Waals surface area contributed by atoms with Crippen molar-refractivity contribution >= 4 is 0 Å². The highest BCUT2D eigenvalue weighted by molar-refractivity contribution is 5.52. The first kappa shape index (κ1) is 13.3. The Morgan fingerprint density at radius 3 is 2.16 bits per heavy atom. The predicted octanol–water partition coefficient (Wildman–Crippen LogP) is 3.10. The normalized spacial score (nSPS) is 11.6. The number of aromatic nitrogens is 1. The lowest BCUT2D eigenvalue weighted by molar-refractivity contribution is -0.602. The summed E-state index contributed by atoms with van der Waals surface area (Å²) in [6.45, 7) is 3.23. The highest BCUT2D eigenvalue weighted by Gasteiger charge is 2.31. The average Bonchev–Trinajstić information content (AvgIpc) is 2.56. The third-order valence-electron chi connectivity index (χ3n) is 2.58. The lowest BCUT2D eigenvalue weighted by Gasteiger charge is -2.08. The monoisotopic (exact) mass is 273 g/mol. The molecule has 0 N–H and O–H groups in total. The van der Waals surface area contributed by atoms with E-state index in [1.54, 1.807) is 13.8 Å². The Bertz CT molecular complexity index is 588. The van der Waals surface area contributed by atoms with Gasteiger partial charge in [-0.25, -0.2) is 0 Å². The van der Waals surface area contributed by atoms with Crippen molar-refractivity contribution in [1.29, 1.82) is 0 Å². The molecule has 0 spiro atoms. The first-order valence-corrected chi connectivity index (χ1v) is 5.33. The molecule has 1 aromatic heterocycles. The van der Waals surface area contributed by atoms with Gasteiger partial charge in [-0.3, -0.25) is 0 Å². The van der Waals surface area contributed by atoms with Crippen molar-refractivity contribution in [2.75, 3.05) is 0 Å². The fourth-order valence-corrected chi connectivity index (χ4v) is 1.53. The van der Waals surface area contributed by atoms with Crippen molar-refractivity contribution in [2.45, 2.75) is 20.2 Å². The number of hydrogen-bond acceptors (Lipinski definition) is 3. The maximum atomic E-state index is 12.0. The Hall–Kier alpha value is -2.18. The van der Waals surface area contributed by atoms with Crippen molar-refractivity contribution in [2.24, 2.45) is 0 Å². The quantitative estimate of drug-likeness (QED) is 0.624. The molecule has 0 aliphatic rings. The van der Waals surface area contributed by atoms with E-state index < -0.39 is 6.36 Å². The van der Waals surface area contributed by atoms with Crippen LogP contribution in [0.5, 0.6) is 5.75 Å². The minimum atomic E-state index is -4.74. The molecule has 0 aliphatic heterocycles. The summed E-state index contributed by atoms with van der Waals surface area (Å²) in [4.78, 5) is 0. The standard InChI is InChI=1S/C12H10F3NO3/c1-7-8(2)18-11(16(7)17)9-3-5-10(6-4-9)19-12(13,14)15/h3-6H,1-2H3. The summed E-state index contributed by atoms with van der Waals surface area (Å²) < 4.78 is 45.6. The zero-order chi connectivity index (χ0) is 14.2. The Morgan fingerprint density at radius 2 is 1.74 bits per heavy atom. The number of ether oxygens (including phenoxy) is 1. The molecule has 1 aromatic carbocycles. The number of halogens is 3. The van der Waals surface area contributed by atoms with E-state index in [0.717, 1.165) is 12.1 Å². The predicted molar refractivity (Wildman–Crippen MR) is 59.3 cm³/mol. The van der Waals surface area contributed by atoms with Crippen molar-refractivity contribution in [1.82, 2.24) is 0 Å². The van der Waals surface area contributed by atoms with E-state index in [1.807, 2.05) is 0 Å². The molecule has 1 heterocycles. The van der Waals surface area contributed by atoms with Crippen LogP contribution >= 0.6 is 0 Å². The molecule has 7 heteroatoms. The van der Waals surface area contributed by atoms with Crippen LogP contribution < -0.4 is 9.47 Å². The molecule has 2 aromatic rings. The van der Waals surface area contributed by atoms with Crippen LogP contribution in [0.2, 0.25) is 0 Å². The lowest BCUT2D eigenvalue weighted by atomic mass is 10.2. The summed E-state index contributed by atoms with van der Waals surface area (Å²) >= 11 is 0. The van der Waals surface area contributed by atoms with E-state index in [9.17, 15) is 18.4 Å². The summed E-state index contributed by atoms with van der Waals surface area (Å²) in [5.74, 6) is 0.142. The zero-order valence-corrected chi connectivity index (χ0v) is 10.1. The summed E-state index contributed by atoms with van der Waals surface area (Å²) in [7, 11) is 0. The van der Waals surface area contributed by atoms with E-state index in [1.165, 1.54) is 12.1 Å². The summed E-state index contributed by atoms with van der Waals surface area (Å²) in [6, 6.07) is 4.90. The highest BCUT2D eigenvalue weighted by atomic mass is 19.4. The van der Waals surface area contributed by atoms with Crippen LogP contribution in [0.25, 0.3) is 11.5 Å². The highest BCUT2D eigenvalue weighted by Crippen LogP contribution is 2.26. The van der Waals surface area contributed by atoms with E-state index in [4.69, 9.17) is 4.42 Å². The van der Waals surface area contributed by atoms with Gasteiger partial charge < -0.3 is 14.4 Å². The van der Waals surface area contributed by atoms with Crippen LogP contribution in [0.1, 0.15) is 11.5 Å². The number of rotatable bonds is 2. The fourth-order valence-electron chi connectivity index (χ4n) is 1.53. The Morgan fingerprint density at radius 1 is 1.16 bits per heavy atom. The van der Waals surface area contributed by atoms with E-state index in [2.05, 4.69) is 4.74 Å². The molecule has 102 valence electrons. The minimum Gasteiger partial charge on any atom is -0.616 e.